The molecule has 0 amide bonds. The molecule has 0 unspecified atom stereocenters. The molecule has 1 aliphatic heterocycles. The molecular formula is C27H35N7O3. The Bertz CT molecular complexity index is 1370. The number of hydrogen-bond donors (Lipinski definition) is 4. The molecule has 1 fully saturated rings. The van der Waals surface area contributed by atoms with Crippen LogP contribution in [-0.2, 0) is 17.8 Å². The van der Waals surface area contributed by atoms with E-state index in [0.717, 1.165) is 65.5 Å². The largest absolute Gasteiger partial charge is 0.481 e. The molecule has 1 aromatic carbocycles. The average molecular weight is 506 g/mol. The summed E-state index contributed by atoms with van der Waals surface area (Å²) < 4.78 is 13.3. The van der Waals surface area contributed by atoms with Crippen LogP contribution in [0.25, 0.3) is 21.9 Å². The van der Waals surface area contributed by atoms with E-state index in [-0.39, 0.29) is 18.6 Å². The number of benzene rings is 1. The molecule has 0 bridgehead atoms. The second-order valence-corrected chi connectivity index (χ2v) is 9.50. The second kappa shape index (κ2) is 11.3. The lowest BCUT2D eigenvalue weighted by molar-refractivity contribution is 0.190. The van der Waals surface area contributed by atoms with Crippen molar-refractivity contribution < 1.29 is 14.6 Å². The van der Waals surface area contributed by atoms with Crippen LogP contribution in [0.5, 0.6) is 5.88 Å². The predicted molar refractivity (Wildman–Crippen MR) is 145 cm³/mol. The third-order valence-corrected chi connectivity index (χ3v) is 6.85. The average Bonchev–Trinajstić information content (AvgIpc) is 3.54. The van der Waals surface area contributed by atoms with Gasteiger partial charge in [0.15, 0.2) is 5.82 Å². The van der Waals surface area contributed by atoms with Gasteiger partial charge in [-0.1, -0.05) is 31.5 Å². The van der Waals surface area contributed by atoms with E-state index >= 15 is 0 Å². The Labute approximate surface area is 216 Å². The zero-order valence-corrected chi connectivity index (χ0v) is 21.4. The van der Waals surface area contributed by atoms with Gasteiger partial charge in [-0.25, -0.2) is 9.97 Å². The van der Waals surface area contributed by atoms with E-state index in [1.54, 1.807) is 7.11 Å². The topological polar surface area (TPSA) is 132 Å². The first-order valence-electron chi connectivity index (χ1n) is 12.9. The van der Waals surface area contributed by atoms with Gasteiger partial charge >= 0.3 is 0 Å². The molecule has 10 nitrogen and oxygen atoms in total. The molecule has 0 aliphatic carbocycles. The fourth-order valence-electron chi connectivity index (χ4n) is 5.03. The molecule has 37 heavy (non-hydrogen) atoms. The van der Waals surface area contributed by atoms with Crippen molar-refractivity contribution in [2.45, 2.75) is 51.4 Å². The Morgan fingerprint density at radius 2 is 2.16 bits per heavy atom. The zero-order valence-electron chi connectivity index (χ0n) is 21.4. The summed E-state index contributed by atoms with van der Waals surface area (Å²) in [7, 11) is 1.64. The maximum absolute atomic E-state index is 9.95. The number of fused-ring (bicyclic) bond motifs is 3. The molecular weight excluding hydrogens is 470 g/mol. The molecule has 10 heteroatoms. The highest BCUT2D eigenvalue weighted by Gasteiger charge is 2.21. The number of aliphatic hydroxyl groups is 1. The molecule has 0 radical (unpaired) electrons. The molecule has 1 saturated heterocycles. The van der Waals surface area contributed by atoms with Crippen LogP contribution in [0.4, 0.5) is 11.8 Å². The van der Waals surface area contributed by atoms with Crippen molar-refractivity contribution in [2.24, 2.45) is 0 Å². The fourth-order valence-corrected chi connectivity index (χ4v) is 5.03. The molecule has 2 atom stereocenters. The number of nitrogens with two attached hydrogens (primary N) is 1. The smallest absolute Gasteiger partial charge is 0.222 e. The van der Waals surface area contributed by atoms with E-state index < -0.39 is 0 Å². The molecule has 196 valence electrons. The first-order valence-corrected chi connectivity index (χ1v) is 12.9. The minimum Gasteiger partial charge on any atom is -0.481 e. The molecule has 0 saturated carbocycles. The number of anilines is 2. The van der Waals surface area contributed by atoms with Gasteiger partial charge in [-0.05, 0) is 30.5 Å². The van der Waals surface area contributed by atoms with Gasteiger partial charge in [0.1, 0.15) is 11.0 Å². The maximum Gasteiger partial charge on any atom is 0.222 e. The molecule has 3 aromatic heterocycles. The van der Waals surface area contributed by atoms with Crippen LogP contribution in [0.3, 0.4) is 0 Å². The van der Waals surface area contributed by atoms with Gasteiger partial charge < -0.3 is 35.5 Å². The monoisotopic (exact) mass is 505 g/mol. The van der Waals surface area contributed by atoms with Crippen LogP contribution < -0.4 is 21.1 Å². The summed E-state index contributed by atoms with van der Waals surface area (Å²) in [6, 6.07) is 10.5. The van der Waals surface area contributed by atoms with Crippen molar-refractivity contribution in [3.63, 3.8) is 0 Å². The van der Waals surface area contributed by atoms with Crippen LogP contribution in [0, 0.1) is 0 Å². The van der Waals surface area contributed by atoms with Gasteiger partial charge in [-0.3, -0.25) is 0 Å². The van der Waals surface area contributed by atoms with Gasteiger partial charge in [0.05, 0.1) is 38.4 Å². The van der Waals surface area contributed by atoms with Crippen molar-refractivity contribution in [3.8, 4) is 5.88 Å². The normalized spacial score (nSPS) is 16.5. The number of ether oxygens (including phenoxy) is 2. The Morgan fingerprint density at radius 3 is 2.92 bits per heavy atom. The third kappa shape index (κ3) is 5.31. The number of aromatic nitrogens is 4. The fraction of sp³-hybridized carbons (Fsp3) is 0.444. The van der Waals surface area contributed by atoms with E-state index in [2.05, 4.69) is 49.2 Å². The zero-order chi connectivity index (χ0) is 25.8. The molecule has 0 spiro atoms. The second-order valence-electron chi connectivity index (χ2n) is 9.50. The van der Waals surface area contributed by atoms with Gasteiger partial charge in [-0.2, -0.15) is 4.98 Å². The first kappa shape index (κ1) is 25.2. The van der Waals surface area contributed by atoms with E-state index in [9.17, 15) is 5.11 Å². The van der Waals surface area contributed by atoms with E-state index in [1.165, 1.54) is 0 Å². The molecule has 4 aromatic rings. The number of methoxy groups -OCH3 is 1. The van der Waals surface area contributed by atoms with Crippen molar-refractivity contribution >= 4 is 33.7 Å². The quantitative estimate of drug-likeness (QED) is 0.243. The lowest BCUT2D eigenvalue weighted by Gasteiger charge is -2.19. The maximum atomic E-state index is 9.95. The minimum atomic E-state index is -0.140. The van der Waals surface area contributed by atoms with Crippen LogP contribution in [0.2, 0.25) is 0 Å². The standard InChI is InChI=1S/C27H35N7O3/c1-3-6-19(15-35)31-25-24-23(32-27(28)33-25)21-7-4-5-8-22(21)34(24)14-18-11-17(13-30-26(18)36-2)12-29-20-9-10-37-16-20/h4-5,7-8,11,13,19-20,29,35H,3,6,9-10,12,14-16H2,1-2H3,(H3,28,31,32,33)/t19-,20+/m0/s1. The van der Waals surface area contributed by atoms with Crippen molar-refractivity contribution in [2.75, 3.05) is 38.0 Å². The van der Waals surface area contributed by atoms with E-state index in [1.807, 2.05) is 24.4 Å². The molecule has 5 rings (SSSR count). The Hall–Kier alpha value is -3.47. The van der Waals surface area contributed by atoms with E-state index in [0.29, 0.717) is 30.8 Å². The van der Waals surface area contributed by atoms with Crippen LogP contribution in [-0.4, -0.2) is 63.6 Å². The third-order valence-electron chi connectivity index (χ3n) is 6.85. The summed E-state index contributed by atoms with van der Waals surface area (Å²) in [5.41, 5.74) is 10.8. The Kier molecular flexibility index (Phi) is 7.68. The molecule has 1 aliphatic rings. The number of para-hydroxylation sites is 1. The number of aliphatic hydroxyl groups excluding tert-OH is 1. The highest BCUT2D eigenvalue weighted by molar-refractivity contribution is 6.09. The highest BCUT2D eigenvalue weighted by Crippen LogP contribution is 2.34. The number of hydrogen-bond acceptors (Lipinski definition) is 9. The summed E-state index contributed by atoms with van der Waals surface area (Å²) in [4.78, 5) is 13.8. The number of pyridine rings is 1. The summed E-state index contributed by atoms with van der Waals surface area (Å²) in [5.74, 6) is 1.37. The van der Waals surface area contributed by atoms with Crippen molar-refractivity contribution in [1.82, 2.24) is 24.8 Å². The number of nitrogens with zero attached hydrogens (tertiary/aromatic N) is 4. The SMILES string of the molecule is CCC[C@@H](CO)Nc1nc(N)nc2c3ccccc3n(Cc3cc(CN[C@@H]4CCOC4)cnc3OC)c12. The molecule has 5 N–H and O–H groups in total. The van der Waals surface area contributed by atoms with E-state index in [4.69, 9.17) is 15.2 Å². The van der Waals surface area contributed by atoms with Crippen LogP contribution in [0.1, 0.15) is 37.3 Å². The number of nitrogens with one attached hydrogen (secondary N) is 2. The first-order chi connectivity index (χ1) is 18.1. The van der Waals surface area contributed by atoms with Gasteiger partial charge in [0.25, 0.3) is 0 Å². The minimum absolute atomic E-state index is 0.00169. The van der Waals surface area contributed by atoms with Crippen molar-refractivity contribution in [3.05, 3.63) is 47.7 Å². The summed E-state index contributed by atoms with van der Waals surface area (Å²) in [6.45, 7) is 4.83. The number of rotatable bonds is 11. The highest BCUT2D eigenvalue weighted by atomic mass is 16.5. The lowest BCUT2D eigenvalue weighted by Crippen LogP contribution is -2.28. The Balaban J connectivity index is 1.58. The Morgan fingerprint density at radius 1 is 1.30 bits per heavy atom. The number of nitrogen functional groups attached to an aromatic ring is 1. The lowest BCUT2D eigenvalue weighted by atomic mass is 10.1. The summed E-state index contributed by atoms with van der Waals surface area (Å²) >= 11 is 0. The van der Waals surface area contributed by atoms with Crippen molar-refractivity contribution in [1.29, 1.82) is 0 Å². The summed E-state index contributed by atoms with van der Waals surface area (Å²) in [6.07, 6.45) is 4.61. The van der Waals surface area contributed by atoms with Gasteiger partial charge in [0.2, 0.25) is 11.8 Å². The van der Waals surface area contributed by atoms with Gasteiger partial charge in [-0.15, -0.1) is 0 Å². The predicted octanol–water partition coefficient (Wildman–Crippen LogP) is 3.07. The molecule has 4 heterocycles. The van der Waals surface area contributed by atoms with Gasteiger partial charge in [0, 0.05) is 36.3 Å². The van der Waals surface area contributed by atoms with Crippen LogP contribution >= 0.6 is 0 Å². The summed E-state index contributed by atoms with van der Waals surface area (Å²) in [5, 5.41) is 17.9. The van der Waals surface area contributed by atoms with Crippen LogP contribution in [0.15, 0.2) is 36.5 Å².